The zero-order valence-electron chi connectivity index (χ0n) is 13.3. The van der Waals surface area contributed by atoms with Gasteiger partial charge in [0.2, 0.25) is 0 Å². The second-order valence-corrected chi connectivity index (χ2v) is 5.92. The van der Waals surface area contributed by atoms with Crippen LogP contribution in [0.2, 0.25) is 0 Å². The van der Waals surface area contributed by atoms with E-state index in [0.29, 0.717) is 24.0 Å². The number of carbonyl (C=O) groups is 1. The van der Waals surface area contributed by atoms with Crippen molar-refractivity contribution in [1.82, 2.24) is 20.4 Å². The van der Waals surface area contributed by atoms with Crippen LogP contribution in [0.3, 0.4) is 0 Å². The molecule has 7 heteroatoms. The number of anilines is 1. The van der Waals surface area contributed by atoms with E-state index in [2.05, 4.69) is 38.8 Å². The first-order valence-corrected chi connectivity index (χ1v) is 7.72. The van der Waals surface area contributed by atoms with E-state index in [1.807, 2.05) is 12.3 Å². The number of likely N-dealkylation sites (tertiary alicyclic amines) is 1. The lowest BCUT2D eigenvalue weighted by Crippen LogP contribution is -2.35. The molecule has 0 saturated carbocycles. The molecule has 1 aliphatic heterocycles. The third-order valence-electron chi connectivity index (χ3n) is 4.19. The van der Waals surface area contributed by atoms with Crippen LogP contribution in [0.15, 0.2) is 35.1 Å². The van der Waals surface area contributed by atoms with Crippen LogP contribution >= 0.6 is 0 Å². The smallest absolute Gasteiger partial charge is 0.320 e. The highest BCUT2D eigenvalue weighted by molar-refractivity contribution is 5.88. The van der Waals surface area contributed by atoms with Crippen LogP contribution in [0.25, 0.3) is 0 Å². The highest BCUT2D eigenvalue weighted by Gasteiger charge is 2.33. The molecule has 1 saturated heterocycles. The summed E-state index contributed by atoms with van der Waals surface area (Å²) in [4.78, 5) is 18.5. The predicted octanol–water partition coefficient (Wildman–Crippen LogP) is 2.19. The number of rotatable bonds is 4. The van der Waals surface area contributed by atoms with Crippen LogP contribution < -0.4 is 10.6 Å². The van der Waals surface area contributed by atoms with Gasteiger partial charge in [-0.05, 0) is 44.5 Å². The Morgan fingerprint density at radius 3 is 3.09 bits per heavy atom. The van der Waals surface area contributed by atoms with Gasteiger partial charge in [0, 0.05) is 31.0 Å². The van der Waals surface area contributed by atoms with Crippen molar-refractivity contribution >= 4 is 11.8 Å². The fourth-order valence-electron chi connectivity index (χ4n) is 3.13. The van der Waals surface area contributed by atoms with Gasteiger partial charge < -0.3 is 9.84 Å². The van der Waals surface area contributed by atoms with E-state index in [0.717, 1.165) is 13.0 Å². The second-order valence-electron chi connectivity index (χ2n) is 5.92. The molecule has 3 heterocycles. The van der Waals surface area contributed by atoms with E-state index >= 15 is 0 Å². The topological polar surface area (TPSA) is 83.3 Å². The van der Waals surface area contributed by atoms with Crippen molar-refractivity contribution in [3.63, 3.8) is 0 Å². The normalized spacial score (nSPS) is 21.3. The Kier molecular flexibility index (Phi) is 4.57. The van der Waals surface area contributed by atoms with Crippen molar-refractivity contribution < 1.29 is 9.32 Å². The molecule has 0 spiro atoms. The van der Waals surface area contributed by atoms with Gasteiger partial charge in [-0.25, -0.2) is 4.79 Å². The Bertz CT molecular complexity index is 658. The summed E-state index contributed by atoms with van der Waals surface area (Å²) in [6.45, 7) is 3.39. The summed E-state index contributed by atoms with van der Waals surface area (Å²) in [5.41, 5.74) is 1.19. The molecule has 0 bridgehead atoms. The largest absolute Gasteiger partial charge is 0.360 e. The van der Waals surface area contributed by atoms with E-state index < -0.39 is 0 Å². The van der Waals surface area contributed by atoms with Crippen LogP contribution in [0.1, 0.15) is 23.8 Å². The monoisotopic (exact) mass is 315 g/mol. The number of nitrogens with one attached hydrogen (secondary N) is 2. The van der Waals surface area contributed by atoms with Gasteiger partial charge >= 0.3 is 6.03 Å². The fourth-order valence-corrected chi connectivity index (χ4v) is 3.13. The zero-order valence-corrected chi connectivity index (χ0v) is 13.3. The Morgan fingerprint density at radius 1 is 1.52 bits per heavy atom. The van der Waals surface area contributed by atoms with E-state index in [9.17, 15) is 4.79 Å². The number of aromatic nitrogens is 2. The third kappa shape index (κ3) is 3.68. The summed E-state index contributed by atoms with van der Waals surface area (Å²) in [7, 11) is 2.11. The zero-order chi connectivity index (χ0) is 16.2. The summed E-state index contributed by atoms with van der Waals surface area (Å²) in [6, 6.07) is 5.73. The van der Waals surface area contributed by atoms with Gasteiger partial charge in [0.15, 0.2) is 5.82 Å². The third-order valence-corrected chi connectivity index (χ3v) is 4.19. The minimum Gasteiger partial charge on any atom is -0.360 e. The lowest BCUT2D eigenvalue weighted by atomic mass is 9.95. The van der Waals surface area contributed by atoms with E-state index in [1.165, 1.54) is 5.56 Å². The summed E-state index contributed by atoms with van der Waals surface area (Å²) in [5.74, 6) is 1.44. The molecule has 0 aromatic carbocycles. The predicted molar refractivity (Wildman–Crippen MR) is 86.0 cm³/mol. The maximum absolute atomic E-state index is 12.0. The molecule has 122 valence electrons. The van der Waals surface area contributed by atoms with Crippen LogP contribution in [0.4, 0.5) is 10.6 Å². The number of hydrogen-bond acceptors (Lipinski definition) is 5. The first-order valence-electron chi connectivity index (χ1n) is 7.72. The Morgan fingerprint density at radius 2 is 2.39 bits per heavy atom. The molecule has 2 atom stereocenters. The molecule has 2 amide bonds. The molecule has 0 radical (unpaired) electrons. The molecular formula is C16H21N5O2. The number of nitrogens with zero attached hydrogens (tertiary/aromatic N) is 3. The number of pyridine rings is 1. The van der Waals surface area contributed by atoms with Crippen molar-refractivity contribution in [3.8, 4) is 0 Å². The van der Waals surface area contributed by atoms with Crippen molar-refractivity contribution in [2.75, 3.05) is 25.5 Å². The van der Waals surface area contributed by atoms with Crippen LogP contribution in [-0.4, -0.2) is 41.2 Å². The summed E-state index contributed by atoms with van der Waals surface area (Å²) in [6.07, 6.45) is 4.72. The maximum atomic E-state index is 12.0. The standard InChI is InChI=1S/C16H21N5O2/c1-11-8-14(20-23-11)19-16(22)18-10-13-5-7-21(2)15(13)12-4-3-6-17-9-12/h3-4,6,8-9,13,15H,5,7,10H2,1-2H3,(H2,18,19,20,22)/t13-,15-/m0/s1. The Hall–Kier alpha value is -2.41. The van der Waals surface area contributed by atoms with Crippen molar-refractivity contribution in [1.29, 1.82) is 0 Å². The van der Waals surface area contributed by atoms with Gasteiger partial charge in [0.05, 0.1) is 0 Å². The molecule has 0 aliphatic carbocycles. The van der Waals surface area contributed by atoms with Gasteiger partial charge in [-0.3, -0.25) is 15.2 Å². The first kappa shape index (κ1) is 15.5. The minimum atomic E-state index is -0.266. The minimum absolute atomic E-state index is 0.266. The lowest BCUT2D eigenvalue weighted by Gasteiger charge is -2.25. The second kappa shape index (κ2) is 6.78. The number of carbonyl (C=O) groups excluding carboxylic acids is 1. The van der Waals surface area contributed by atoms with Crippen molar-refractivity contribution in [2.24, 2.45) is 5.92 Å². The molecule has 2 aromatic rings. The molecule has 3 rings (SSSR count). The van der Waals surface area contributed by atoms with Gasteiger partial charge in [-0.15, -0.1) is 0 Å². The SMILES string of the molecule is Cc1cc(NC(=O)NC[C@@H]2CCN(C)[C@H]2c2cccnc2)no1. The lowest BCUT2D eigenvalue weighted by molar-refractivity contribution is 0.243. The molecule has 2 aromatic heterocycles. The highest BCUT2D eigenvalue weighted by Crippen LogP contribution is 2.35. The molecule has 7 nitrogen and oxygen atoms in total. The van der Waals surface area contributed by atoms with Gasteiger partial charge in [0.25, 0.3) is 0 Å². The van der Waals surface area contributed by atoms with Gasteiger partial charge in [-0.2, -0.15) is 0 Å². The molecular weight excluding hydrogens is 294 g/mol. The molecule has 2 N–H and O–H groups in total. The summed E-state index contributed by atoms with van der Waals surface area (Å²) in [5, 5.41) is 9.34. The fraction of sp³-hybridized carbons (Fsp3) is 0.438. The molecule has 23 heavy (non-hydrogen) atoms. The summed E-state index contributed by atoms with van der Waals surface area (Å²) < 4.78 is 4.93. The van der Waals surface area contributed by atoms with E-state index in [1.54, 1.807) is 19.2 Å². The number of amides is 2. The van der Waals surface area contributed by atoms with Gasteiger partial charge in [-0.1, -0.05) is 11.2 Å². The van der Waals surface area contributed by atoms with Crippen molar-refractivity contribution in [3.05, 3.63) is 41.9 Å². The maximum Gasteiger partial charge on any atom is 0.320 e. The summed E-state index contributed by atoms with van der Waals surface area (Å²) >= 11 is 0. The van der Waals surface area contributed by atoms with Crippen molar-refractivity contribution in [2.45, 2.75) is 19.4 Å². The average Bonchev–Trinajstić information content (AvgIpc) is 3.12. The molecule has 1 aliphatic rings. The Labute approximate surface area is 135 Å². The number of urea groups is 1. The van der Waals surface area contributed by atoms with Crippen LogP contribution in [-0.2, 0) is 0 Å². The first-order chi connectivity index (χ1) is 11.1. The van der Waals surface area contributed by atoms with E-state index in [4.69, 9.17) is 4.52 Å². The van der Waals surface area contributed by atoms with Crippen LogP contribution in [0, 0.1) is 12.8 Å². The quantitative estimate of drug-likeness (QED) is 0.903. The highest BCUT2D eigenvalue weighted by atomic mass is 16.5. The van der Waals surface area contributed by atoms with Crippen LogP contribution in [0.5, 0.6) is 0 Å². The van der Waals surface area contributed by atoms with Gasteiger partial charge in [0.1, 0.15) is 5.76 Å². The average molecular weight is 315 g/mol. The Balaban J connectivity index is 1.57. The molecule has 0 unspecified atom stereocenters. The van der Waals surface area contributed by atoms with E-state index in [-0.39, 0.29) is 12.1 Å². The molecule has 1 fully saturated rings. The number of aryl methyl sites for hydroxylation is 1. The number of hydrogen-bond donors (Lipinski definition) is 2.